The molecule has 0 bridgehead atoms. The van der Waals surface area contributed by atoms with Crippen molar-refractivity contribution >= 4 is 18.0 Å². The first-order valence-electron chi connectivity index (χ1n) is 7.76. The number of amides is 2. The zero-order valence-corrected chi connectivity index (χ0v) is 14.2. The van der Waals surface area contributed by atoms with E-state index < -0.39 is 42.5 Å². The van der Waals surface area contributed by atoms with E-state index in [9.17, 15) is 14.4 Å². The van der Waals surface area contributed by atoms with Crippen LogP contribution in [0.5, 0.6) is 0 Å². The van der Waals surface area contributed by atoms with E-state index in [1.54, 1.807) is 6.92 Å². The fraction of sp³-hybridized carbons (Fsp3) is 0.643. The smallest absolute Gasteiger partial charge is 0.326 e. The van der Waals surface area contributed by atoms with Crippen LogP contribution in [0.2, 0.25) is 0 Å². The van der Waals surface area contributed by atoms with Gasteiger partial charge < -0.3 is 31.1 Å². The summed E-state index contributed by atoms with van der Waals surface area (Å²) in [5.41, 5.74) is 5.68. The number of nitrogens with one attached hydrogen (secondary N) is 2. The quantitative estimate of drug-likeness (QED) is 0.418. The molecule has 0 aliphatic carbocycles. The number of carbonyl (C=O) groups is 3. The average Bonchev–Trinajstić information content (AvgIpc) is 3.00. The third-order valence-electron chi connectivity index (χ3n) is 3.61. The Balaban J connectivity index is 2.88. The first-order chi connectivity index (χ1) is 11.6. The summed E-state index contributed by atoms with van der Waals surface area (Å²) in [6, 6.07) is -3.53. The first-order valence-corrected chi connectivity index (χ1v) is 7.76. The van der Waals surface area contributed by atoms with Crippen molar-refractivity contribution in [2.45, 2.75) is 51.7 Å². The van der Waals surface area contributed by atoms with Gasteiger partial charge in [-0.25, -0.2) is 9.59 Å². The Morgan fingerprint density at radius 2 is 1.88 bits per heavy atom. The minimum absolute atomic E-state index is 0.102. The van der Waals surface area contributed by atoms with Crippen molar-refractivity contribution in [3.63, 3.8) is 0 Å². The van der Waals surface area contributed by atoms with E-state index in [1.165, 1.54) is 0 Å². The molecule has 1 heterocycles. The lowest BCUT2D eigenvalue weighted by Gasteiger charge is -2.22. The van der Waals surface area contributed by atoms with E-state index in [0.717, 1.165) is 0 Å². The number of rotatable bonds is 9. The SMILES string of the molecule is CC[C@H](C)C(NC(=O)N[C@@H](CC(=O)O)C(=O)O)c1nc([C@H](C)N)no1. The normalized spacial score (nSPS) is 15.7. The maximum Gasteiger partial charge on any atom is 0.326 e. The van der Waals surface area contributed by atoms with E-state index in [4.69, 9.17) is 20.5 Å². The van der Waals surface area contributed by atoms with Gasteiger partial charge in [-0.2, -0.15) is 4.98 Å². The number of hydrogen-bond acceptors (Lipinski definition) is 7. The Morgan fingerprint density at radius 1 is 1.24 bits per heavy atom. The largest absolute Gasteiger partial charge is 0.481 e. The summed E-state index contributed by atoms with van der Waals surface area (Å²) in [6.07, 6.45) is -0.0789. The van der Waals surface area contributed by atoms with Crippen LogP contribution in [-0.2, 0) is 9.59 Å². The molecule has 1 aromatic heterocycles. The van der Waals surface area contributed by atoms with E-state index in [0.29, 0.717) is 6.42 Å². The van der Waals surface area contributed by atoms with Gasteiger partial charge in [0.25, 0.3) is 0 Å². The number of hydrogen-bond donors (Lipinski definition) is 5. The molecule has 11 nitrogen and oxygen atoms in total. The van der Waals surface area contributed by atoms with Crippen LogP contribution in [-0.4, -0.2) is 44.4 Å². The van der Waals surface area contributed by atoms with Gasteiger partial charge >= 0.3 is 18.0 Å². The predicted octanol–water partition coefficient (Wildman–Crippen LogP) is 0.404. The highest BCUT2D eigenvalue weighted by Gasteiger charge is 2.29. The van der Waals surface area contributed by atoms with Gasteiger partial charge in [-0.3, -0.25) is 4.79 Å². The highest BCUT2D eigenvalue weighted by atomic mass is 16.5. The maximum absolute atomic E-state index is 12.1. The average molecular weight is 357 g/mol. The molecule has 4 atom stereocenters. The van der Waals surface area contributed by atoms with Gasteiger partial charge in [0.05, 0.1) is 12.5 Å². The van der Waals surface area contributed by atoms with Gasteiger partial charge in [-0.1, -0.05) is 25.4 Å². The first kappa shape index (κ1) is 20.4. The summed E-state index contributed by atoms with van der Waals surface area (Å²) >= 11 is 0. The van der Waals surface area contributed by atoms with Crippen LogP contribution in [0.3, 0.4) is 0 Å². The Labute approximate surface area is 144 Å². The number of urea groups is 1. The summed E-state index contributed by atoms with van der Waals surface area (Å²) in [5, 5.41) is 26.1. The van der Waals surface area contributed by atoms with Crippen LogP contribution in [0.1, 0.15) is 57.4 Å². The lowest BCUT2D eigenvalue weighted by atomic mass is 9.99. The van der Waals surface area contributed by atoms with Crippen molar-refractivity contribution < 1.29 is 29.1 Å². The Morgan fingerprint density at radius 3 is 2.32 bits per heavy atom. The zero-order chi connectivity index (χ0) is 19.1. The van der Waals surface area contributed by atoms with Crippen LogP contribution in [0.4, 0.5) is 4.79 Å². The molecule has 0 saturated carbocycles. The molecule has 2 amide bonds. The van der Waals surface area contributed by atoms with Crippen molar-refractivity contribution in [2.75, 3.05) is 0 Å². The summed E-state index contributed by atoms with van der Waals surface area (Å²) in [4.78, 5) is 37.9. The molecule has 1 unspecified atom stereocenters. The molecule has 0 fully saturated rings. The number of carboxylic acid groups (broad SMARTS) is 2. The monoisotopic (exact) mass is 357 g/mol. The molecule has 11 heteroatoms. The molecule has 0 spiro atoms. The van der Waals surface area contributed by atoms with Gasteiger partial charge in [0.15, 0.2) is 5.82 Å². The lowest BCUT2D eigenvalue weighted by molar-refractivity contribution is -0.145. The van der Waals surface area contributed by atoms with E-state index >= 15 is 0 Å². The van der Waals surface area contributed by atoms with Crippen molar-refractivity contribution in [3.05, 3.63) is 11.7 Å². The van der Waals surface area contributed by atoms with Crippen LogP contribution in [0.25, 0.3) is 0 Å². The predicted molar refractivity (Wildman–Crippen MR) is 84.4 cm³/mol. The van der Waals surface area contributed by atoms with Crippen molar-refractivity contribution in [1.82, 2.24) is 20.8 Å². The van der Waals surface area contributed by atoms with Crippen LogP contribution in [0, 0.1) is 5.92 Å². The van der Waals surface area contributed by atoms with Crippen LogP contribution in [0.15, 0.2) is 4.52 Å². The molecule has 0 aromatic carbocycles. The van der Waals surface area contributed by atoms with Crippen molar-refractivity contribution in [3.8, 4) is 0 Å². The van der Waals surface area contributed by atoms with Crippen molar-refractivity contribution in [2.24, 2.45) is 11.7 Å². The molecule has 25 heavy (non-hydrogen) atoms. The number of nitrogens with zero attached hydrogens (tertiary/aromatic N) is 2. The molecule has 0 radical (unpaired) electrons. The molecule has 0 aliphatic heterocycles. The summed E-state index contributed by atoms with van der Waals surface area (Å²) < 4.78 is 5.13. The van der Waals surface area contributed by atoms with E-state index in [-0.39, 0.29) is 17.6 Å². The number of aromatic nitrogens is 2. The molecule has 1 aromatic rings. The third kappa shape index (κ3) is 6.03. The minimum Gasteiger partial charge on any atom is -0.481 e. The molecule has 140 valence electrons. The Hall–Kier alpha value is -2.69. The van der Waals surface area contributed by atoms with E-state index in [2.05, 4.69) is 20.8 Å². The standard InChI is InChI=1S/C14H23N5O6/c1-4-6(2)10(12-18-11(7(3)15)19-25-12)17-14(24)16-8(13(22)23)5-9(20)21/h6-8,10H,4-5,15H2,1-3H3,(H,20,21)(H,22,23)(H2,16,17,24)/t6-,7-,8-,10?/m0/s1. The number of nitrogens with two attached hydrogens (primary N) is 1. The topological polar surface area (TPSA) is 181 Å². The maximum atomic E-state index is 12.1. The molecule has 6 N–H and O–H groups in total. The Bertz CT molecular complexity index is 617. The summed E-state index contributed by atoms with van der Waals surface area (Å²) in [6.45, 7) is 5.41. The highest BCUT2D eigenvalue weighted by molar-refractivity contribution is 5.86. The third-order valence-corrected chi connectivity index (χ3v) is 3.61. The molecule has 0 saturated heterocycles. The fourth-order valence-electron chi connectivity index (χ4n) is 1.96. The second-order valence-electron chi connectivity index (χ2n) is 5.75. The van der Waals surface area contributed by atoms with E-state index in [1.807, 2.05) is 13.8 Å². The lowest BCUT2D eigenvalue weighted by Crippen LogP contribution is -2.48. The van der Waals surface area contributed by atoms with Gasteiger partial charge in [0.2, 0.25) is 5.89 Å². The zero-order valence-electron chi connectivity index (χ0n) is 14.2. The summed E-state index contributed by atoms with van der Waals surface area (Å²) in [7, 11) is 0. The fourth-order valence-corrected chi connectivity index (χ4v) is 1.96. The van der Waals surface area contributed by atoms with Crippen LogP contribution < -0.4 is 16.4 Å². The van der Waals surface area contributed by atoms with Crippen LogP contribution >= 0.6 is 0 Å². The van der Waals surface area contributed by atoms with Gasteiger partial charge in [-0.05, 0) is 12.8 Å². The van der Waals surface area contributed by atoms with Gasteiger partial charge in [-0.15, -0.1) is 0 Å². The number of carboxylic acids is 2. The second kappa shape index (κ2) is 8.97. The molecular weight excluding hydrogens is 334 g/mol. The van der Waals surface area contributed by atoms with Crippen molar-refractivity contribution in [1.29, 1.82) is 0 Å². The van der Waals surface area contributed by atoms with Gasteiger partial charge in [0.1, 0.15) is 12.1 Å². The molecule has 1 rings (SSSR count). The minimum atomic E-state index is -1.56. The van der Waals surface area contributed by atoms with Gasteiger partial charge in [0, 0.05) is 0 Å². The second-order valence-corrected chi connectivity index (χ2v) is 5.75. The molecular formula is C14H23N5O6. The Kier molecular flexibility index (Phi) is 7.30. The summed E-state index contributed by atoms with van der Waals surface area (Å²) in [5.74, 6) is -2.48. The molecule has 0 aliphatic rings. The number of aliphatic carboxylic acids is 2. The highest BCUT2D eigenvalue weighted by Crippen LogP contribution is 2.23. The number of carbonyl (C=O) groups excluding carboxylic acids is 1.